The monoisotopic (exact) mass is 279 g/mol. The first-order valence-electron chi connectivity index (χ1n) is 6.86. The molecule has 0 aliphatic carbocycles. The maximum atomic E-state index is 12.0. The molecule has 0 radical (unpaired) electrons. The molecular weight excluding hydrogens is 258 g/mol. The second kappa shape index (κ2) is 7.14. The molecule has 5 heteroatoms. The summed E-state index contributed by atoms with van der Waals surface area (Å²) >= 11 is 0. The van der Waals surface area contributed by atoms with Crippen LogP contribution in [-0.2, 0) is 4.74 Å². The number of benzene rings is 1. The molecule has 0 aromatic heterocycles. The molecule has 0 saturated carbocycles. The van der Waals surface area contributed by atoms with Crippen LogP contribution >= 0.6 is 0 Å². The average molecular weight is 279 g/mol. The van der Waals surface area contributed by atoms with E-state index < -0.39 is 0 Å². The topological polar surface area (TPSA) is 56.8 Å². The number of rotatable bonds is 6. The van der Waals surface area contributed by atoms with Crippen LogP contribution in [0.25, 0.3) is 0 Å². The van der Waals surface area contributed by atoms with Crippen LogP contribution in [0.3, 0.4) is 0 Å². The highest BCUT2D eigenvalue weighted by molar-refractivity contribution is 5.94. The molecule has 1 aromatic carbocycles. The minimum Gasteiger partial charge on any atom is -0.493 e. The molecule has 1 saturated heterocycles. The fraction of sp³-hybridized carbons (Fsp3) is 0.533. The molecule has 1 aliphatic heterocycles. The quantitative estimate of drug-likeness (QED) is 0.865. The Hall–Kier alpha value is -1.75. The normalized spacial score (nSPS) is 17.8. The summed E-state index contributed by atoms with van der Waals surface area (Å²) in [5, 5.41) is 2.90. The van der Waals surface area contributed by atoms with Crippen LogP contribution in [0.15, 0.2) is 18.2 Å². The number of hydrogen-bond acceptors (Lipinski definition) is 4. The van der Waals surface area contributed by atoms with Gasteiger partial charge in [0.05, 0.1) is 20.3 Å². The summed E-state index contributed by atoms with van der Waals surface area (Å²) in [7, 11) is 3.12. The average Bonchev–Trinajstić information content (AvgIpc) is 2.99. The van der Waals surface area contributed by atoms with Crippen molar-refractivity contribution in [2.45, 2.75) is 25.4 Å². The second-order valence-electron chi connectivity index (χ2n) is 4.75. The van der Waals surface area contributed by atoms with Crippen LogP contribution in [0.4, 0.5) is 0 Å². The van der Waals surface area contributed by atoms with Gasteiger partial charge in [0.2, 0.25) is 0 Å². The Morgan fingerprint density at radius 1 is 1.35 bits per heavy atom. The Kier molecular flexibility index (Phi) is 5.24. The van der Waals surface area contributed by atoms with Crippen LogP contribution < -0.4 is 14.8 Å². The lowest BCUT2D eigenvalue weighted by molar-refractivity contribution is 0.0907. The molecule has 2 rings (SSSR count). The highest BCUT2D eigenvalue weighted by Gasteiger charge is 2.16. The third-order valence-corrected chi connectivity index (χ3v) is 3.42. The molecular formula is C15H21NO4. The number of hydrogen-bond donors (Lipinski definition) is 1. The summed E-state index contributed by atoms with van der Waals surface area (Å²) in [5.41, 5.74) is 0.565. The first-order valence-corrected chi connectivity index (χ1v) is 6.86. The van der Waals surface area contributed by atoms with E-state index in [1.54, 1.807) is 32.4 Å². The maximum Gasteiger partial charge on any atom is 0.251 e. The largest absolute Gasteiger partial charge is 0.493 e. The summed E-state index contributed by atoms with van der Waals surface area (Å²) < 4.78 is 15.9. The molecule has 5 nitrogen and oxygen atoms in total. The molecule has 1 aliphatic rings. The van der Waals surface area contributed by atoms with Crippen molar-refractivity contribution in [1.29, 1.82) is 0 Å². The predicted molar refractivity (Wildman–Crippen MR) is 75.5 cm³/mol. The molecule has 1 heterocycles. The first-order chi connectivity index (χ1) is 9.74. The third-order valence-electron chi connectivity index (χ3n) is 3.42. The van der Waals surface area contributed by atoms with E-state index in [0.29, 0.717) is 29.7 Å². The summed E-state index contributed by atoms with van der Waals surface area (Å²) in [6.07, 6.45) is 3.36. The molecule has 0 bridgehead atoms. The number of amides is 1. The first kappa shape index (κ1) is 14.7. The SMILES string of the molecule is COc1ccc(C(=O)NCCC2CCCO2)cc1OC. The predicted octanol–water partition coefficient (Wildman–Crippen LogP) is 2.00. The molecule has 1 unspecified atom stereocenters. The third kappa shape index (κ3) is 3.63. The van der Waals surface area contributed by atoms with Gasteiger partial charge in [0.15, 0.2) is 11.5 Å². The van der Waals surface area contributed by atoms with Gasteiger partial charge in [0.25, 0.3) is 5.91 Å². The van der Waals surface area contributed by atoms with Crippen LogP contribution in [0, 0.1) is 0 Å². The minimum atomic E-state index is -0.107. The Labute approximate surface area is 119 Å². The fourth-order valence-corrected chi connectivity index (χ4v) is 2.30. The summed E-state index contributed by atoms with van der Waals surface area (Å²) in [4.78, 5) is 12.0. The zero-order chi connectivity index (χ0) is 14.4. The van der Waals surface area contributed by atoms with E-state index in [-0.39, 0.29) is 5.91 Å². The lowest BCUT2D eigenvalue weighted by atomic mass is 10.1. The molecule has 20 heavy (non-hydrogen) atoms. The standard InChI is InChI=1S/C15H21NO4/c1-18-13-6-5-11(10-14(13)19-2)15(17)16-8-7-12-4-3-9-20-12/h5-6,10,12H,3-4,7-9H2,1-2H3,(H,16,17). The van der Waals surface area contributed by atoms with E-state index in [0.717, 1.165) is 25.9 Å². The zero-order valence-electron chi connectivity index (χ0n) is 12.0. The van der Waals surface area contributed by atoms with Gasteiger partial charge >= 0.3 is 0 Å². The number of carbonyl (C=O) groups excluding carboxylic acids is 1. The van der Waals surface area contributed by atoms with Gasteiger partial charge in [-0.1, -0.05) is 0 Å². The van der Waals surface area contributed by atoms with Gasteiger partial charge in [-0.25, -0.2) is 0 Å². The van der Waals surface area contributed by atoms with Crippen molar-refractivity contribution in [3.05, 3.63) is 23.8 Å². The molecule has 0 spiro atoms. The molecule has 1 N–H and O–H groups in total. The highest BCUT2D eigenvalue weighted by atomic mass is 16.5. The van der Waals surface area contributed by atoms with Gasteiger partial charge in [-0.05, 0) is 37.5 Å². The summed E-state index contributed by atoms with van der Waals surface area (Å²) in [6, 6.07) is 5.14. The van der Waals surface area contributed by atoms with Crippen molar-refractivity contribution in [2.24, 2.45) is 0 Å². The maximum absolute atomic E-state index is 12.0. The van der Waals surface area contributed by atoms with E-state index in [1.165, 1.54) is 0 Å². The number of carbonyl (C=O) groups is 1. The molecule has 1 amide bonds. The van der Waals surface area contributed by atoms with Gasteiger partial charge in [-0.15, -0.1) is 0 Å². The highest BCUT2D eigenvalue weighted by Crippen LogP contribution is 2.27. The minimum absolute atomic E-state index is 0.107. The summed E-state index contributed by atoms with van der Waals surface area (Å²) in [6.45, 7) is 1.46. The van der Waals surface area contributed by atoms with Crippen LogP contribution in [0.5, 0.6) is 11.5 Å². The van der Waals surface area contributed by atoms with Gasteiger partial charge in [0, 0.05) is 18.7 Å². The van der Waals surface area contributed by atoms with E-state index >= 15 is 0 Å². The Morgan fingerprint density at radius 3 is 2.80 bits per heavy atom. The number of nitrogens with one attached hydrogen (secondary N) is 1. The fourth-order valence-electron chi connectivity index (χ4n) is 2.30. The molecule has 1 atom stereocenters. The van der Waals surface area contributed by atoms with Crippen LogP contribution in [0.2, 0.25) is 0 Å². The van der Waals surface area contributed by atoms with Gasteiger partial charge in [-0.3, -0.25) is 4.79 Å². The second-order valence-corrected chi connectivity index (χ2v) is 4.75. The smallest absolute Gasteiger partial charge is 0.251 e. The van der Waals surface area contributed by atoms with E-state index in [9.17, 15) is 4.79 Å². The van der Waals surface area contributed by atoms with Crippen molar-refractivity contribution in [1.82, 2.24) is 5.32 Å². The number of ether oxygens (including phenoxy) is 3. The van der Waals surface area contributed by atoms with E-state index in [4.69, 9.17) is 14.2 Å². The lowest BCUT2D eigenvalue weighted by Gasteiger charge is -2.11. The lowest BCUT2D eigenvalue weighted by Crippen LogP contribution is -2.27. The van der Waals surface area contributed by atoms with Crippen molar-refractivity contribution in [2.75, 3.05) is 27.4 Å². The zero-order valence-corrected chi connectivity index (χ0v) is 12.0. The van der Waals surface area contributed by atoms with Crippen molar-refractivity contribution < 1.29 is 19.0 Å². The van der Waals surface area contributed by atoms with Crippen LogP contribution in [-0.4, -0.2) is 39.4 Å². The Morgan fingerprint density at radius 2 is 2.15 bits per heavy atom. The van der Waals surface area contributed by atoms with Crippen molar-refractivity contribution in [3.63, 3.8) is 0 Å². The number of methoxy groups -OCH3 is 2. The summed E-state index contributed by atoms with van der Waals surface area (Å²) in [5.74, 6) is 1.06. The van der Waals surface area contributed by atoms with Gasteiger partial charge in [-0.2, -0.15) is 0 Å². The van der Waals surface area contributed by atoms with Gasteiger partial charge in [0.1, 0.15) is 0 Å². The van der Waals surface area contributed by atoms with E-state index in [1.807, 2.05) is 0 Å². The molecule has 110 valence electrons. The molecule has 1 fully saturated rings. The molecule has 1 aromatic rings. The Balaban J connectivity index is 1.88. The Bertz CT molecular complexity index is 455. The van der Waals surface area contributed by atoms with Crippen LogP contribution in [0.1, 0.15) is 29.6 Å². The van der Waals surface area contributed by atoms with Crippen molar-refractivity contribution >= 4 is 5.91 Å². The van der Waals surface area contributed by atoms with Gasteiger partial charge < -0.3 is 19.5 Å². The van der Waals surface area contributed by atoms with E-state index in [2.05, 4.69) is 5.32 Å². The van der Waals surface area contributed by atoms with Crippen molar-refractivity contribution in [3.8, 4) is 11.5 Å².